The number of hydrogen-bond donors (Lipinski definition) is 1. The number of benzene rings is 3. The number of fused-ring (bicyclic) bond motifs is 3. The molecule has 1 aromatic heterocycles. The molecule has 6 heteroatoms. The highest BCUT2D eigenvalue weighted by Crippen LogP contribution is 2.42. The number of hydrogen-bond acceptors (Lipinski definition) is 5. The Bertz CT molecular complexity index is 1230. The van der Waals surface area contributed by atoms with Gasteiger partial charge in [-0.2, -0.15) is 0 Å². The normalized spacial score (nSPS) is 12.1. The van der Waals surface area contributed by atoms with E-state index < -0.39 is 5.97 Å². The van der Waals surface area contributed by atoms with Gasteiger partial charge in [-0.1, -0.05) is 84.1 Å². The number of aliphatic carboxylic acids is 1. The number of aryl methyl sites for hydroxylation is 1. The summed E-state index contributed by atoms with van der Waals surface area (Å²) < 4.78 is 11.7. The number of nitrogens with zero attached hydrogens (tertiary/aromatic N) is 1. The molecule has 0 atom stereocenters. The van der Waals surface area contributed by atoms with Crippen molar-refractivity contribution < 1.29 is 19.4 Å². The second kappa shape index (κ2) is 10.1. The predicted octanol–water partition coefficient (Wildman–Crippen LogP) is 5.97. The second-order valence-corrected chi connectivity index (χ2v) is 9.27. The molecule has 0 unspecified atom stereocenters. The minimum atomic E-state index is -0.984. The number of rotatable bonds is 9. The van der Waals surface area contributed by atoms with E-state index >= 15 is 0 Å². The van der Waals surface area contributed by atoms with Gasteiger partial charge in [-0.25, -0.2) is 9.78 Å². The summed E-state index contributed by atoms with van der Waals surface area (Å²) in [5.41, 5.74) is 5.49. The minimum Gasteiger partial charge on any atom is -0.482 e. The van der Waals surface area contributed by atoms with Crippen molar-refractivity contribution in [3.63, 3.8) is 0 Å². The summed E-state index contributed by atoms with van der Waals surface area (Å²) in [5, 5.41) is 9.63. The van der Waals surface area contributed by atoms with Gasteiger partial charge in [-0.05, 0) is 36.5 Å². The Balaban J connectivity index is 1.31. The Morgan fingerprint density at radius 1 is 0.912 bits per heavy atom. The number of thiazole rings is 1. The zero-order chi connectivity index (χ0) is 23.3. The topological polar surface area (TPSA) is 68.7 Å². The van der Waals surface area contributed by atoms with Crippen molar-refractivity contribution in [3.8, 4) is 22.2 Å². The Morgan fingerprint density at radius 2 is 1.62 bits per heavy atom. The Morgan fingerprint density at radius 3 is 2.29 bits per heavy atom. The van der Waals surface area contributed by atoms with Crippen LogP contribution in [0.3, 0.4) is 0 Å². The van der Waals surface area contributed by atoms with Crippen molar-refractivity contribution in [3.05, 3.63) is 100 Å². The lowest BCUT2D eigenvalue weighted by atomic mass is 9.89. The maximum absolute atomic E-state index is 10.9. The first-order valence-electron chi connectivity index (χ1n) is 11.4. The molecule has 0 saturated heterocycles. The van der Waals surface area contributed by atoms with Gasteiger partial charge in [0.15, 0.2) is 6.61 Å². The summed E-state index contributed by atoms with van der Waals surface area (Å²) in [5.74, 6) is -0.107. The molecule has 0 saturated carbocycles. The maximum atomic E-state index is 10.9. The first-order valence-corrected chi connectivity index (χ1v) is 12.2. The quantitative estimate of drug-likeness (QED) is 0.326. The van der Waals surface area contributed by atoms with Crippen LogP contribution in [-0.4, -0.2) is 29.3 Å². The number of carbonyl (C=O) groups is 1. The smallest absolute Gasteiger partial charge is 0.341 e. The van der Waals surface area contributed by atoms with Crippen molar-refractivity contribution in [2.24, 2.45) is 0 Å². The van der Waals surface area contributed by atoms with Gasteiger partial charge < -0.3 is 14.6 Å². The predicted molar refractivity (Wildman–Crippen MR) is 133 cm³/mol. The first-order chi connectivity index (χ1) is 16.7. The Hall–Kier alpha value is -3.64. The van der Waals surface area contributed by atoms with Crippen LogP contribution in [0.2, 0.25) is 0 Å². The van der Waals surface area contributed by atoms with Crippen LogP contribution in [0.4, 0.5) is 0 Å². The molecule has 34 heavy (non-hydrogen) atoms. The van der Waals surface area contributed by atoms with Crippen molar-refractivity contribution in [2.75, 3.05) is 13.2 Å². The molecule has 0 bridgehead atoms. The van der Waals surface area contributed by atoms with E-state index in [-0.39, 0.29) is 12.5 Å². The molecule has 0 aliphatic heterocycles. The summed E-state index contributed by atoms with van der Waals surface area (Å²) in [4.78, 5) is 16.9. The van der Waals surface area contributed by atoms with E-state index in [9.17, 15) is 4.79 Å². The average molecular weight is 472 g/mol. The number of carboxylic acids is 1. The van der Waals surface area contributed by atoms with E-state index in [4.69, 9.17) is 19.6 Å². The molecule has 4 aromatic rings. The van der Waals surface area contributed by atoms with Gasteiger partial charge in [0.05, 0.1) is 12.3 Å². The Kier molecular flexibility index (Phi) is 6.58. The summed E-state index contributed by atoms with van der Waals surface area (Å²) >= 11 is 1.60. The third-order valence-electron chi connectivity index (χ3n) is 6.06. The van der Waals surface area contributed by atoms with Gasteiger partial charge in [-0.3, -0.25) is 0 Å². The molecule has 1 N–H and O–H groups in total. The molecule has 1 heterocycles. The van der Waals surface area contributed by atoms with Gasteiger partial charge in [0.2, 0.25) is 0 Å². The fraction of sp³-hybridized carbons (Fsp3) is 0.214. The summed E-state index contributed by atoms with van der Waals surface area (Å²) in [7, 11) is 0. The van der Waals surface area contributed by atoms with Crippen LogP contribution in [-0.2, 0) is 17.6 Å². The van der Waals surface area contributed by atoms with E-state index in [1.807, 2.05) is 30.3 Å². The fourth-order valence-corrected chi connectivity index (χ4v) is 5.44. The highest BCUT2D eigenvalue weighted by atomic mass is 32.1. The van der Waals surface area contributed by atoms with E-state index in [1.54, 1.807) is 11.3 Å². The van der Waals surface area contributed by atoms with E-state index in [0.29, 0.717) is 17.6 Å². The third kappa shape index (κ3) is 4.82. The first kappa shape index (κ1) is 22.2. The molecular formula is C28H25NO4S. The molecule has 3 aromatic carbocycles. The zero-order valence-electron chi connectivity index (χ0n) is 18.6. The van der Waals surface area contributed by atoms with Gasteiger partial charge in [0, 0.05) is 21.9 Å². The van der Waals surface area contributed by atoms with Gasteiger partial charge in [0.25, 0.3) is 5.19 Å². The second-order valence-electron chi connectivity index (χ2n) is 8.23. The molecule has 5 rings (SSSR count). The lowest BCUT2D eigenvalue weighted by Crippen LogP contribution is -2.12. The third-order valence-corrected chi connectivity index (χ3v) is 7.08. The minimum absolute atomic E-state index is 0.256. The van der Waals surface area contributed by atoms with Gasteiger partial charge >= 0.3 is 5.97 Å². The van der Waals surface area contributed by atoms with E-state index in [2.05, 4.69) is 48.5 Å². The lowest BCUT2D eigenvalue weighted by Gasteiger charge is -2.18. The SMILES string of the molecule is O=C(O)COc1cccc2c1CCc1sc(OCCC(c3ccccc3)c3ccccc3)nc1-2. The molecular weight excluding hydrogens is 446 g/mol. The fourth-order valence-electron chi connectivity index (χ4n) is 4.49. The molecule has 0 fully saturated rings. The number of aromatic nitrogens is 1. The summed E-state index contributed by atoms with van der Waals surface area (Å²) in [6.07, 6.45) is 2.49. The lowest BCUT2D eigenvalue weighted by molar-refractivity contribution is -0.139. The van der Waals surface area contributed by atoms with Crippen molar-refractivity contribution in [2.45, 2.75) is 25.2 Å². The number of carboxylic acid groups (broad SMARTS) is 1. The van der Waals surface area contributed by atoms with Crippen molar-refractivity contribution in [1.82, 2.24) is 4.98 Å². The van der Waals surface area contributed by atoms with Crippen LogP contribution >= 0.6 is 11.3 Å². The maximum Gasteiger partial charge on any atom is 0.341 e. The monoisotopic (exact) mass is 471 g/mol. The van der Waals surface area contributed by atoms with Gasteiger partial charge in [0.1, 0.15) is 5.75 Å². The van der Waals surface area contributed by atoms with Crippen molar-refractivity contribution >= 4 is 17.3 Å². The molecule has 0 amide bonds. The van der Waals surface area contributed by atoms with Crippen LogP contribution in [0.5, 0.6) is 10.9 Å². The molecule has 5 nitrogen and oxygen atoms in total. The molecule has 0 radical (unpaired) electrons. The highest BCUT2D eigenvalue weighted by molar-refractivity contribution is 7.13. The Labute approximate surface area is 202 Å². The molecule has 1 aliphatic rings. The molecule has 172 valence electrons. The van der Waals surface area contributed by atoms with E-state index in [0.717, 1.165) is 36.1 Å². The van der Waals surface area contributed by atoms with Gasteiger partial charge in [-0.15, -0.1) is 0 Å². The summed E-state index contributed by atoms with van der Waals surface area (Å²) in [6, 6.07) is 26.8. The van der Waals surface area contributed by atoms with Crippen molar-refractivity contribution in [1.29, 1.82) is 0 Å². The largest absolute Gasteiger partial charge is 0.482 e. The van der Waals surface area contributed by atoms with Crippen LogP contribution in [0.1, 0.15) is 33.9 Å². The number of ether oxygens (including phenoxy) is 2. The van der Waals surface area contributed by atoms with E-state index in [1.165, 1.54) is 16.0 Å². The average Bonchev–Trinajstić information content (AvgIpc) is 3.30. The van der Waals surface area contributed by atoms with Crippen LogP contribution < -0.4 is 9.47 Å². The standard InChI is InChI=1S/C28H25NO4S/c30-26(31)18-33-24-13-7-12-23-22(24)14-15-25-27(23)29-28(34-25)32-17-16-21(19-8-3-1-4-9-19)20-10-5-2-6-11-20/h1-13,21H,14-18H2,(H,30,31). The highest BCUT2D eigenvalue weighted by Gasteiger charge is 2.24. The van der Waals surface area contributed by atoms with Crippen LogP contribution in [0.25, 0.3) is 11.3 Å². The molecule has 1 aliphatic carbocycles. The van der Waals surface area contributed by atoms with Crippen LogP contribution in [0.15, 0.2) is 78.9 Å². The molecule has 0 spiro atoms. The summed E-state index contributed by atoms with van der Waals surface area (Å²) in [6.45, 7) is 0.216. The zero-order valence-corrected chi connectivity index (χ0v) is 19.5. The van der Waals surface area contributed by atoms with Crippen LogP contribution in [0, 0.1) is 0 Å².